The fourth-order valence-electron chi connectivity index (χ4n) is 1.22. The average molecular weight is 228 g/mol. The van der Waals surface area contributed by atoms with Crippen LogP contribution in [0.15, 0.2) is 24.3 Å². The van der Waals surface area contributed by atoms with Crippen LogP contribution in [0.2, 0.25) is 0 Å². The highest BCUT2D eigenvalue weighted by Crippen LogP contribution is 2.12. The molecule has 0 aliphatic rings. The molecular formula is C11H16O3S. The third-order valence-corrected chi connectivity index (χ3v) is 2.95. The van der Waals surface area contributed by atoms with E-state index in [4.69, 9.17) is 4.74 Å². The van der Waals surface area contributed by atoms with Crippen molar-refractivity contribution >= 4 is 9.84 Å². The maximum atomic E-state index is 10.8. The van der Waals surface area contributed by atoms with E-state index >= 15 is 0 Å². The Morgan fingerprint density at radius 1 is 1.33 bits per heavy atom. The molecule has 0 atom stereocenters. The number of rotatable bonds is 5. The normalized spacial score (nSPS) is 11.3. The van der Waals surface area contributed by atoms with Gasteiger partial charge < -0.3 is 4.74 Å². The third kappa shape index (κ3) is 5.42. The smallest absolute Gasteiger partial charge is 0.147 e. The first-order valence-corrected chi connectivity index (χ1v) is 6.90. The summed E-state index contributed by atoms with van der Waals surface area (Å²) in [5, 5.41) is 0. The molecule has 0 unspecified atom stereocenters. The lowest BCUT2D eigenvalue weighted by Crippen LogP contribution is -2.07. The zero-order valence-electron chi connectivity index (χ0n) is 9.06. The zero-order chi connectivity index (χ0) is 11.3. The van der Waals surface area contributed by atoms with E-state index in [0.717, 1.165) is 11.3 Å². The molecule has 84 valence electrons. The van der Waals surface area contributed by atoms with Gasteiger partial charge in [-0.15, -0.1) is 0 Å². The third-order valence-electron chi connectivity index (χ3n) is 1.92. The Bertz CT molecular complexity index is 410. The fourth-order valence-corrected chi connectivity index (χ4v) is 1.86. The molecule has 1 aromatic rings. The molecule has 0 aromatic heterocycles. The van der Waals surface area contributed by atoms with Gasteiger partial charge in [0.15, 0.2) is 0 Å². The van der Waals surface area contributed by atoms with Gasteiger partial charge >= 0.3 is 0 Å². The van der Waals surface area contributed by atoms with Crippen LogP contribution in [0.5, 0.6) is 5.75 Å². The Balaban J connectivity index is 2.32. The average Bonchev–Trinajstić information content (AvgIpc) is 2.11. The molecule has 0 aliphatic carbocycles. The van der Waals surface area contributed by atoms with Crippen molar-refractivity contribution in [3.63, 3.8) is 0 Å². The number of benzene rings is 1. The topological polar surface area (TPSA) is 43.4 Å². The number of ether oxygens (including phenoxy) is 1. The molecular weight excluding hydrogens is 212 g/mol. The molecule has 0 N–H and O–H groups in total. The second-order valence-electron chi connectivity index (χ2n) is 3.65. The molecule has 0 radical (unpaired) electrons. The standard InChI is InChI=1S/C11H16O3S/c1-10-5-3-6-11(9-10)14-7-4-8-15(2,12)13/h3,5-6,9H,4,7-8H2,1-2H3. The molecule has 4 heteroatoms. The maximum absolute atomic E-state index is 10.8. The highest BCUT2D eigenvalue weighted by molar-refractivity contribution is 7.90. The first kappa shape index (κ1) is 12.0. The first-order valence-electron chi connectivity index (χ1n) is 4.84. The largest absolute Gasteiger partial charge is 0.494 e. The van der Waals surface area contributed by atoms with Crippen molar-refractivity contribution in [1.82, 2.24) is 0 Å². The van der Waals surface area contributed by atoms with Gasteiger partial charge in [0.2, 0.25) is 0 Å². The van der Waals surface area contributed by atoms with Crippen LogP contribution >= 0.6 is 0 Å². The minimum Gasteiger partial charge on any atom is -0.494 e. The predicted molar refractivity (Wildman–Crippen MR) is 61.0 cm³/mol. The van der Waals surface area contributed by atoms with Crippen LogP contribution in [-0.4, -0.2) is 27.0 Å². The highest BCUT2D eigenvalue weighted by atomic mass is 32.2. The van der Waals surface area contributed by atoms with Crippen molar-refractivity contribution in [1.29, 1.82) is 0 Å². The SMILES string of the molecule is Cc1cccc(OCCCS(C)(=O)=O)c1. The van der Waals surface area contributed by atoms with E-state index in [9.17, 15) is 8.42 Å². The van der Waals surface area contributed by atoms with E-state index in [1.165, 1.54) is 6.26 Å². The highest BCUT2D eigenvalue weighted by Gasteiger charge is 2.01. The van der Waals surface area contributed by atoms with Crippen molar-refractivity contribution < 1.29 is 13.2 Å². The lowest BCUT2D eigenvalue weighted by atomic mass is 10.2. The quantitative estimate of drug-likeness (QED) is 0.722. The van der Waals surface area contributed by atoms with Gasteiger partial charge in [0.25, 0.3) is 0 Å². The van der Waals surface area contributed by atoms with E-state index < -0.39 is 9.84 Å². The minimum absolute atomic E-state index is 0.179. The van der Waals surface area contributed by atoms with Crippen LogP contribution in [0.3, 0.4) is 0 Å². The number of aryl methyl sites for hydroxylation is 1. The summed E-state index contributed by atoms with van der Waals surface area (Å²) >= 11 is 0. The molecule has 0 bridgehead atoms. The molecule has 0 heterocycles. The Morgan fingerprint density at radius 3 is 2.67 bits per heavy atom. The Hall–Kier alpha value is -1.03. The van der Waals surface area contributed by atoms with Crippen LogP contribution < -0.4 is 4.74 Å². The lowest BCUT2D eigenvalue weighted by molar-refractivity contribution is 0.317. The van der Waals surface area contributed by atoms with Gasteiger partial charge in [-0.2, -0.15) is 0 Å². The molecule has 0 amide bonds. The van der Waals surface area contributed by atoms with E-state index in [2.05, 4.69) is 0 Å². The second kappa shape index (κ2) is 5.16. The van der Waals surface area contributed by atoms with Crippen molar-refractivity contribution in [3.8, 4) is 5.75 Å². The Labute approximate surface area is 91.0 Å². The fraction of sp³-hybridized carbons (Fsp3) is 0.455. The van der Waals surface area contributed by atoms with Crippen molar-refractivity contribution in [3.05, 3.63) is 29.8 Å². The monoisotopic (exact) mass is 228 g/mol. The van der Waals surface area contributed by atoms with Crippen molar-refractivity contribution in [2.24, 2.45) is 0 Å². The predicted octanol–water partition coefficient (Wildman–Crippen LogP) is 1.81. The summed E-state index contributed by atoms with van der Waals surface area (Å²) in [7, 11) is -2.87. The van der Waals surface area contributed by atoms with Crippen LogP contribution in [0.4, 0.5) is 0 Å². The van der Waals surface area contributed by atoms with Gasteiger partial charge in [-0.3, -0.25) is 0 Å². The summed E-state index contributed by atoms with van der Waals surface area (Å²) in [5.74, 6) is 0.974. The second-order valence-corrected chi connectivity index (χ2v) is 5.91. The first-order chi connectivity index (χ1) is 6.97. The molecule has 0 aliphatic heterocycles. The molecule has 0 fully saturated rings. The van der Waals surface area contributed by atoms with Crippen molar-refractivity contribution in [2.75, 3.05) is 18.6 Å². The van der Waals surface area contributed by atoms with Gasteiger partial charge in [-0.05, 0) is 31.0 Å². The van der Waals surface area contributed by atoms with Crippen LogP contribution in [-0.2, 0) is 9.84 Å². The van der Waals surface area contributed by atoms with E-state index in [1.54, 1.807) is 0 Å². The van der Waals surface area contributed by atoms with E-state index in [0.29, 0.717) is 13.0 Å². The molecule has 1 rings (SSSR count). The lowest BCUT2D eigenvalue weighted by Gasteiger charge is -2.05. The summed E-state index contributed by atoms with van der Waals surface area (Å²) in [6, 6.07) is 7.71. The zero-order valence-corrected chi connectivity index (χ0v) is 9.88. The maximum Gasteiger partial charge on any atom is 0.147 e. The number of hydrogen-bond donors (Lipinski definition) is 0. The van der Waals surface area contributed by atoms with Crippen LogP contribution in [0.25, 0.3) is 0 Å². The van der Waals surface area contributed by atoms with Gasteiger partial charge in [-0.1, -0.05) is 12.1 Å². The van der Waals surface area contributed by atoms with Crippen molar-refractivity contribution in [2.45, 2.75) is 13.3 Å². The van der Waals surface area contributed by atoms with Gasteiger partial charge in [-0.25, -0.2) is 8.42 Å². The van der Waals surface area contributed by atoms with Crippen LogP contribution in [0.1, 0.15) is 12.0 Å². The summed E-state index contributed by atoms with van der Waals surface area (Å²) in [6.45, 7) is 2.43. The Morgan fingerprint density at radius 2 is 2.07 bits per heavy atom. The molecule has 0 saturated heterocycles. The summed E-state index contributed by atoms with van der Waals surface area (Å²) in [4.78, 5) is 0. The summed E-state index contributed by atoms with van der Waals surface area (Å²) in [5.41, 5.74) is 1.13. The molecule has 0 saturated carbocycles. The summed E-state index contributed by atoms with van der Waals surface area (Å²) < 4.78 is 27.1. The molecule has 1 aromatic carbocycles. The van der Waals surface area contributed by atoms with Gasteiger partial charge in [0, 0.05) is 6.26 Å². The number of sulfone groups is 1. The van der Waals surface area contributed by atoms with E-state index in [1.807, 2.05) is 31.2 Å². The number of hydrogen-bond acceptors (Lipinski definition) is 3. The van der Waals surface area contributed by atoms with Gasteiger partial charge in [0.05, 0.1) is 12.4 Å². The molecule has 15 heavy (non-hydrogen) atoms. The molecule has 0 spiro atoms. The van der Waals surface area contributed by atoms with Gasteiger partial charge in [0.1, 0.15) is 15.6 Å². The van der Waals surface area contributed by atoms with E-state index in [-0.39, 0.29) is 5.75 Å². The molecule has 3 nitrogen and oxygen atoms in total. The minimum atomic E-state index is -2.87. The Kier molecular flexibility index (Phi) is 4.15. The van der Waals surface area contributed by atoms with Crippen LogP contribution in [0, 0.1) is 6.92 Å². The summed E-state index contributed by atoms with van der Waals surface area (Å²) in [6.07, 6.45) is 1.77.